The van der Waals surface area contributed by atoms with Crippen molar-refractivity contribution in [2.75, 3.05) is 37.1 Å². The highest BCUT2D eigenvalue weighted by Gasteiger charge is 2.37. The number of hydrogen-bond acceptors (Lipinski definition) is 6. The molecule has 0 N–H and O–H groups in total. The molecule has 196 valence electrons. The molecular formula is C27H36FNO5SSi. The molecule has 0 spiro atoms. The molecule has 1 saturated heterocycles. The minimum absolute atomic E-state index is 0.0255. The molecule has 2 aromatic carbocycles. The highest BCUT2D eigenvalue weighted by Crippen LogP contribution is 2.43. The van der Waals surface area contributed by atoms with Crippen molar-refractivity contribution in [3.63, 3.8) is 0 Å². The average molecular weight is 534 g/mol. The van der Waals surface area contributed by atoms with Gasteiger partial charge in [0.2, 0.25) is 5.91 Å². The van der Waals surface area contributed by atoms with Gasteiger partial charge in [-0.05, 0) is 66.5 Å². The highest BCUT2D eigenvalue weighted by molar-refractivity contribution is 8.00. The van der Waals surface area contributed by atoms with Crippen LogP contribution in [0.25, 0.3) is 0 Å². The van der Waals surface area contributed by atoms with Crippen molar-refractivity contribution in [3.8, 4) is 0 Å². The van der Waals surface area contributed by atoms with E-state index in [1.165, 1.54) is 23.9 Å². The number of benzene rings is 2. The third kappa shape index (κ3) is 6.97. The van der Waals surface area contributed by atoms with Crippen LogP contribution in [-0.2, 0) is 18.7 Å². The zero-order valence-electron chi connectivity index (χ0n) is 21.9. The van der Waals surface area contributed by atoms with Crippen molar-refractivity contribution in [1.29, 1.82) is 0 Å². The molecule has 9 heteroatoms. The van der Waals surface area contributed by atoms with Crippen LogP contribution >= 0.6 is 11.8 Å². The third-order valence-electron chi connectivity index (χ3n) is 6.67. The number of thioether (sulfide) groups is 1. The van der Waals surface area contributed by atoms with E-state index in [0.29, 0.717) is 31.1 Å². The number of rotatable bonds is 10. The fraction of sp³-hybridized carbons (Fsp3) is 0.481. The van der Waals surface area contributed by atoms with Gasteiger partial charge in [0.05, 0.1) is 31.1 Å². The Labute approximate surface area is 218 Å². The molecule has 6 nitrogen and oxygen atoms in total. The molecule has 36 heavy (non-hydrogen) atoms. The Balaban J connectivity index is 1.51. The van der Waals surface area contributed by atoms with Crippen LogP contribution in [-0.4, -0.2) is 52.4 Å². The standard InChI is InChI=1S/C27H36FNO5SSi/c1-19-17-21(26(31)33-15-13-32-14-16-34-36(5,6)27(2,3)4)9-12-23(19)29-24(30)18-35-25(29)20-7-10-22(28)11-8-20/h7-12,17,25H,13-16,18H2,1-6H3. The summed E-state index contributed by atoms with van der Waals surface area (Å²) in [6.45, 7) is 14.3. The number of aryl methyl sites for hydroxylation is 1. The van der Waals surface area contributed by atoms with Gasteiger partial charge in [0.1, 0.15) is 17.8 Å². The summed E-state index contributed by atoms with van der Waals surface area (Å²) in [6.07, 6.45) is 0. The number of amides is 1. The van der Waals surface area contributed by atoms with Crippen LogP contribution < -0.4 is 4.90 Å². The number of nitrogens with zero attached hydrogens (tertiary/aromatic N) is 1. The minimum Gasteiger partial charge on any atom is -0.460 e. The summed E-state index contributed by atoms with van der Waals surface area (Å²) in [7, 11) is -1.79. The predicted molar refractivity (Wildman–Crippen MR) is 145 cm³/mol. The molecule has 0 aromatic heterocycles. The van der Waals surface area contributed by atoms with Crippen LogP contribution in [0.1, 0.15) is 47.6 Å². The van der Waals surface area contributed by atoms with E-state index in [9.17, 15) is 14.0 Å². The van der Waals surface area contributed by atoms with E-state index in [1.54, 1.807) is 35.2 Å². The van der Waals surface area contributed by atoms with Gasteiger partial charge >= 0.3 is 5.97 Å². The van der Waals surface area contributed by atoms with Crippen molar-refractivity contribution in [2.45, 2.75) is 51.2 Å². The first kappa shape index (κ1) is 28.4. The Bertz CT molecular complexity index is 1070. The van der Waals surface area contributed by atoms with Gasteiger partial charge < -0.3 is 13.9 Å². The topological polar surface area (TPSA) is 65.1 Å². The molecule has 1 heterocycles. The molecule has 0 aliphatic carbocycles. The average Bonchev–Trinajstić information content (AvgIpc) is 3.19. The smallest absolute Gasteiger partial charge is 0.338 e. The molecule has 0 saturated carbocycles. The Morgan fingerprint density at radius 3 is 2.39 bits per heavy atom. The van der Waals surface area contributed by atoms with Crippen LogP contribution in [0, 0.1) is 12.7 Å². The third-order valence-corrected chi connectivity index (χ3v) is 12.4. The fourth-order valence-corrected chi connectivity index (χ4v) is 5.76. The maximum Gasteiger partial charge on any atom is 0.338 e. The van der Waals surface area contributed by atoms with E-state index in [4.69, 9.17) is 13.9 Å². The Morgan fingerprint density at radius 1 is 1.08 bits per heavy atom. The van der Waals surface area contributed by atoms with Gasteiger partial charge in [-0.15, -0.1) is 11.8 Å². The van der Waals surface area contributed by atoms with Crippen molar-refractivity contribution < 1.29 is 27.9 Å². The quantitative estimate of drug-likeness (QED) is 0.209. The lowest BCUT2D eigenvalue weighted by Crippen LogP contribution is -2.41. The van der Waals surface area contributed by atoms with Gasteiger partial charge in [0.15, 0.2) is 8.32 Å². The zero-order chi connectivity index (χ0) is 26.5. The second kappa shape index (κ2) is 11.9. The van der Waals surface area contributed by atoms with Crippen LogP contribution in [0.3, 0.4) is 0 Å². The van der Waals surface area contributed by atoms with Crippen LogP contribution in [0.5, 0.6) is 0 Å². The van der Waals surface area contributed by atoms with E-state index in [-0.39, 0.29) is 28.7 Å². The Hall–Kier alpha value is -2.20. The molecule has 0 bridgehead atoms. The van der Waals surface area contributed by atoms with E-state index < -0.39 is 14.3 Å². The molecule has 1 aliphatic rings. The largest absolute Gasteiger partial charge is 0.460 e. The number of esters is 1. The van der Waals surface area contributed by atoms with E-state index >= 15 is 0 Å². The molecule has 3 rings (SSSR count). The normalized spacial score (nSPS) is 16.5. The summed E-state index contributed by atoms with van der Waals surface area (Å²) in [4.78, 5) is 26.9. The van der Waals surface area contributed by atoms with Crippen LogP contribution in [0.15, 0.2) is 42.5 Å². The number of halogens is 1. The zero-order valence-corrected chi connectivity index (χ0v) is 23.7. The van der Waals surface area contributed by atoms with E-state index in [0.717, 1.165) is 16.8 Å². The first-order valence-electron chi connectivity index (χ1n) is 12.1. The van der Waals surface area contributed by atoms with Gasteiger partial charge in [-0.25, -0.2) is 9.18 Å². The number of ether oxygens (including phenoxy) is 2. The number of carbonyl (C=O) groups excluding carboxylic acids is 2. The van der Waals surface area contributed by atoms with Crippen LogP contribution in [0.4, 0.5) is 10.1 Å². The van der Waals surface area contributed by atoms with Crippen molar-refractivity contribution in [1.82, 2.24) is 0 Å². The van der Waals surface area contributed by atoms with Gasteiger partial charge in [-0.3, -0.25) is 9.69 Å². The van der Waals surface area contributed by atoms with Crippen molar-refractivity contribution in [3.05, 3.63) is 65.0 Å². The number of hydrogen-bond donors (Lipinski definition) is 0. The molecule has 1 aliphatic heterocycles. The fourth-order valence-electron chi connectivity index (χ4n) is 3.56. The second-order valence-electron chi connectivity index (χ2n) is 10.3. The summed E-state index contributed by atoms with van der Waals surface area (Å²) in [5.41, 5.74) is 2.77. The maximum atomic E-state index is 13.4. The summed E-state index contributed by atoms with van der Waals surface area (Å²) in [6, 6.07) is 11.3. The Morgan fingerprint density at radius 2 is 1.75 bits per heavy atom. The first-order valence-corrected chi connectivity index (χ1v) is 16.0. The molecule has 0 radical (unpaired) electrons. The maximum absolute atomic E-state index is 13.4. The first-order chi connectivity index (χ1) is 16.9. The molecule has 1 unspecified atom stereocenters. The predicted octanol–water partition coefficient (Wildman–Crippen LogP) is 6.11. The molecule has 1 amide bonds. The molecule has 1 fully saturated rings. The van der Waals surface area contributed by atoms with Gasteiger partial charge in [-0.2, -0.15) is 0 Å². The molecule has 2 aromatic rings. The highest BCUT2D eigenvalue weighted by atomic mass is 32.2. The SMILES string of the molecule is Cc1cc(C(=O)OCCOCCO[Si](C)(C)C(C)(C)C)ccc1N1C(=O)CSC1c1ccc(F)cc1. The lowest BCUT2D eigenvalue weighted by atomic mass is 10.1. The van der Waals surface area contributed by atoms with E-state index in [1.807, 2.05) is 6.92 Å². The van der Waals surface area contributed by atoms with Gasteiger partial charge in [-0.1, -0.05) is 32.9 Å². The van der Waals surface area contributed by atoms with Crippen molar-refractivity contribution in [2.24, 2.45) is 0 Å². The van der Waals surface area contributed by atoms with Gasteiger partial charge in [0, 0.05) is 5.69 Å². The molecular weight excluding hydrogens is 497 g/mol. The summed E-state index contributed by atoms with van der Waals surface area (Å²) < 4.78 is 30.3. The summed E-state index contributed by atoms with van der Waals surface area (Å²) in [5, 5.41) is -0.0914. The van der Waals surface area contributed by atoms with Gasteiger partial charge in [0.25, 0.3) is 0 Å². The summed E-state index contributed by atoms with van der Waals surface area (Å²) >= 11 is 1.49. The number of carbonyl (C=O) groups is 2. The lowest BCUT2D eigenvalue weighted by molar-refractivity contribution is -0.115. The number of anilines is 1. The van der Waals surface area contributed by atoms with E-state index in [2.05, 4.69) is 33.9 Å². The second-order valence-corrected chi connectivity index (χ2v) is 16.2. The van der Waals surface area contributed by atoms with Crippen LogP contribution in [0.2, 0.25) is 18.1 Å². The molecule has 1 atom stereocenters. The monoisotopic (exact) mass is 533 g/mol. The summed E-state index contributed by atoms with van der Waals surface area (Å²) in [5.74, 6) is -0.444. The van der Waals surface area contributed by atoms with Crippen molar-refractivity contribution >= 4 is 37.6 Å². The lowest BCUT2D eigenvalue weighted by Gasteiger charge is -2.36. The Kier molecular flexibility index (Phi) is 9.37. The minimum atomic E-state index is -1.79.